The van der Waals surface area contributed by atoms with Gasteiger partial charge in [0.05, 0.1) is 40.0 Å². The lowest BCUT2D eigenvalue weighted by Gasteiger charge is -2.28. The van der Waals surface area contributed by atoms with E-state index in [1.54, 1.807) is 36.1 Å². The number of carbonyl (C=O) groups excluding carboxylic acids is 1. The van der Waals surface area contributed by atoms with E-state index in [0.717, 1.165) is 21.0 Å². The molecule has 37 heavy (non-hydrogen) atoms. The second-order valence-corrected chi connectivity index (χ2v) is 10.5. The molecule has 4 rings (SSSR count). The van der Waals surface area contributed by atoms with Gasteiger partial charge in [-0.1, -0.05) is 30.0 Å². The Morgan fingerprint density at radius 3 is 2.59 bits per heavy atom. The fourth-order valence-corrected chi connectivity index (χ4v) is 5.84. The van der Waals surface area contributed by atoms with E-state index in [0.29, 0.717) is 10.6 Å². The second kappa shape index (κ2) is 12.0. The van der Waals surface area contributed by atoms with E-state index in [4.69, 9.17) is 15.2 Å². The van der Waals surface area contributed by atoms with E-state index in [9.17, 15) is 15.3 Å². The number of thiophene rings is 1. The molecule has 0 aliphatic carbocycles. The maximum atomic E-state index is 13.2. The molecule has 2 N–H and O–H groups in total. The van der Waals surface area contributed by atoms with E-state index in [1.165, 1.54) is 11.8 Å². The largest absolute Gasteiger partial charge is 0.463 e. The summed E-state index contributed by atoms with van der Waals surface area (Å²) >= 11 is 4.40. The van der Waals surface area contributed by atoms with Crippen molar-refractivity contribution in [3.63, 3.8) is 0 Å². The highest BCUT2D eigenvalue weighted by atomic mass is 32.2. The highest BCUT2D eigenvalue weighted by molar-refractivity contribution is 7.99. The standard InChI is InChI=1S/C27H22N4O3S3/c1-3-33-27(32)24-21(15-37-26-17(13-28)8-11-20(31-26)22-5-4-12-36-22)34-25(30)19(14-29)23(24)16-6-9-18(35-2)10-7-16/h4-12,23H,3,15,30H2,1-2H3/t23-/m0/s1. The molecular formula is C27H22N4O3S3. The van der Waals surface area contributed by atoms with Gasteiger partial charge in [-0.25, -0.2) is 9.78 Å². The molecule has 0 amide bonds. The van der Waals surface area contributed by atoms with Crippen LogP contribution >= 0.6 is 34.9 Å². The van der Waals surface area contributed by atoms with Crippen molar-refractivity contribution in [3.05, 3.63) is 87.8 Å². The Balaban J connectivity index is 1.76. The number of pyridine rings is 1. The van der Waals surface area contributed by atoms with E-state index in [-0.39, 0.29) is 35.1 Å². The summed E-state index contributed by atoms with van der Waals surface area (Å²) in [5, 5.41) is 22.0. The average Bonchev–Trinajstić information content (AvgIpc) is 3.46. The Morgan fingerprint density at radius 1 is 1.19 bits per heavy atom. The number of benzene rings is 1. The smallest absolute Gasteiger partial charge is 0.338 e. The van der Waals surface area contributed by atoms with E-state index < -0.39 is 11.9 Å². The molecule has 2 aromatic heterocycles. The number of carbonyl (C=O) groups is 1. The number of rotatable bonds is 8. The number of nitriles is 2. The number of thioether (sulfide) groups is 2. The summed E-state index contributed by atoms with van der Waals surface area (Å²) in [4.78, 5) is 19.9. The van der Waals surface area contributed by atoms with Crippen molar-refractivity contribution in [2.24, 2.45) is 5.73 Å². The Hall–Kier alpha value is -3.70. The minimum absolute atomic E-state index is 0.0640. The van der Waals surface area contributed by atoms with Crippen LogP contribution in [-0.4, -0.2) is 29.6 Å². The van der Waals surface area contributed by atoms with Crippen molar-refractivity contribution in [2.75, 3.05) is 18.6 Å². The van der Waals surface area contributed by atoms with Gasteiger partial charge in [-0.05, 0) is 54.5 Å². The van der Waals surface area contributed by atoms with Crippen molar-refractivity contribution in [3.8, 4) is 22.7 Å². The van der Waals surface area contributed by atoms with Crippen molar-refractivity contribution in [1.82, 2.24) is 4.98 Å². The summed E-state index contributed by atoms with van der Waals surface area (Å²) in [6.07, 6.45) is 1.97. The fraction of sp³-hybridized carbons (Fsp3) is 0.185. The quantitative estimate of drug-likeness (QED) is 0.275. The van der Waals surface area contributed by atoms with Gasteiger partial charge < -0.3 is 15.2 Å². The van der Waals surface area contributed by atoms with E-state index >= 15 is 0 Å². The van der Waals surface area contributed by atoms with Crippen molar-refractivity contribution < 1.29 is 14.3 Å². The number of nitrogens with zero attached hydrogens (tertiary/aromatic N) is 3. The van der Waals surface area contributed by atoms with Gasteiger partial charge in [-0.2, -0.15) is 10.5 Å². The summed E-state index contributed by atoms with van der Waals surface area (Å²) in [5.41, 5.74) is 8.42. The average molecular weight is 547 g/mol. The molecule has 0 fully saturated rings. The van der Waals surface area contributed by atoms with Crippen LogP contribution in [0.1, 0.15) is 24.0 Å². The second-order valence-electron chi connectivity index (χ2n) is 7.68. The first-order valence-electron chi connectivity index (χ1n) is 11.2. The molecular weight excluding hydrogens is 525 g/mol. The number of hydrogen-bond acceptors (Lipinski definition) is 10. The number of ether oxygens (including phenoxy) is 2. The lowest BCUT2D eigenvalue weighted by molar-refractivity contribution is -0.139. The molecule has 0 bridgehead atoms. The van der Waals surface area contributed by atoms with Crippen molar-refractivity contribution in [2.45, 2.75) is 22.8 Å². The monoisotopic (exact) mass is 546 g/mol. The molecule has 7 nitrogen and oxygen atoms in total. The summed E-state index contributed by atoms with van der Waals surface area (Å²) in [6.45, 7) is 1.87. The van der Waals surface area contributed by atoms with Crippen LogP contribution in [0.4, 0.5) is 0 Å². The summed E-state index contributed by atoms with van der Waals surface area (Å²) in [6, 6.07) is 19.3. The SMILES string of the molecule is CCOC(=O)C1=C(CSc2nc(-c3cccs3)ccc2C#N)OC(N)=C(C#N)[C@@H]1c1ccc(SC)cc1. The van der Waals surface area contributed by atoms with Crippen LogP contribution in [0.5, 0.6) is 0 Å². The lowest BCUT2D eigenvalue weighted by Crippen LogP contribution is -2.27. The zero-order valence-electron chi connectivity index (χ0n) is 20.1. The number of nitrogens with two attached hydrogens (primary N) is 1. The van der Waals surface area contributed by atoms with Gasteiger partial charge in [-0.3, -0.25) is 0 Å². The number of hydrogen-bond donors (Lipinski definition) is 1. The third-order valence-corrected chi connectivity index (χ3v) is 8.16. The summed E-state index contributed by atoms with van der Waals surface area (Å²) < 4.78 is 11.2. The van der Waals surface area contributed by atoms with E-state index in [2.05, 4.69) is 17.1 Å². The molecule has 3 heterocycles. The van der Waals surface area contributed by atoms with Crippen molar-refractivity contribution >= 4 is 40.8 Å². The van der Waals surface area contributed by atoms with Gasteiger partial charge in [0.25, 0.3) is 0 Å². The van der Waals surface area contributed by atoms with Crippen LogP contribution in [0, 0.1) is 22.7 Å². The molecule has 1 aliphatic rings. The molecule has 0 spiro atoms. The molecule has 0 saturated carbocycles. The van der Waals surface area contributed by atoms with Gasteiger partial charge in [0.1, 0.15) is 28.5 Å². The first kappa shape index (κ1) is 26.4. The van der Waals surface area contributed by atoms with Crippen molar-refractivity contribution in [1.29, 1.82) is 10.5 Å². The number of allylic oxidation sites excluding steroid dienone is 1. The van der Waals surface area contributed by atoms with Gasteiger partial charge in [0, 0.05) is 4.90 Å². The molecule has 1 atom stereocenters. The number of esters is 1. The van der Waals surface area contributed by atoms with Crippen LogP contribution in [0.25, 0.3) is 10.6 Å². The molecule has 186 valence electrons. The minimum Gasteiger partial charge on any atom is -0.463 e. The lowest BCUT2D eigenvalue weighted by atomic mass is 9.83. The van der Waals surface area contributed by atoms with Crippen LogP contribution in [-0.2, 0) is 14.3 Å². The fourth-order valence-electron chi connectivity index (χ4n) is 3.82. The maximum Gasteiger partial charge on any atom is 0.338 e. The highest BCUT2D eigenvalue weighted by Crippen LogP contribution is 2.41. The molecule has 0 unspecified atom stereocenters. The maximum absolute atomic E-state index is 13.2. The normalized spacial score (nSPS) is 15.1. The summed E-state index contributed by atoms with van der Waals surface area (Å²) in [7, 11) is 0. The highest BCUT2D eigenvalue weighted by Gasteiger charge is 2.37. The Kier molecular flexibility index (Phi) is 8.57. The Bertz CT molecular complexity index is 1450. The molecule has 1 aromatic carbocycles. The first-order chi connectivity index (χ1) is 18.0. The predicted octanol–water partition coefficient (Wildman–Crippen LogP) is 5.82. The Morgan fingerprint density at radius 2 is 1.97 bits per heavy atom. The van der Waals surface area contributed by atoms with Crippen LogP contribution in [0.15, 0.2) is 86.6 Å². The molecule has 0 saturated heterocycles. The zero-order valence-corrected chi connectivity index (χ0v) is 22.5. The van der Waals surface area contributed by atoms with Crippen LogP contribution in [0.2, 0.25) is 0 Å². The predicted molar refractivity (Wildman–Crippen MR) is 146 cm³/mol. The van der Waals surface area contributed by atoms with Gasteiger partial charge in [0.2, 0.25) is 5.88 Å². The number of aromatic nitrogens is 1. The zero-order chi connectivity index (χ0) is 26.4. The Labute approximate surface area is 227 Å². The molecule has 0 radical (unpaired) electrons. The molecule has 3 aromatic rings. The van der Waals surface area contributed by atoms with E-state index in [1.807, 2.05) is 54.1 Å². The third kappa shape index (κ3) is 5.67. The minimum atomic E-state index is -0.745. The van der Waals surface area contributed by atoms with Crippen LogP contribution in [0.3, 0.4) is 0 Å². The third-order valence-electron chi connectivity index (χ3n) is 5.54. The van der Waals surface area contributed by atoms with Gasteiger partial charge in [-0.15, -0.1) is 23.1 Å². The molecule has 1 aliphatic heterocycles. The summed E-state index contributed by atoms with van der Waals surface area (Å²) in [5.74, 6) is -0.969. The van der Waals surface area contributed by atoms with Crippen LogP contribution < -0.4 is 5.73 Å². The topological polar surface area (TPSA) is 122 Å². The molecule has 10 heteroatoms. The first-order valence-corrected chi connectivity index (χ1v) is 14.3. The van der Waals surface area contributed by atoms with Gasteiger partial charge in [0.15, 0.2) is 0 Å². The van der Waals surface area contributed by atoms with Gasteiger partial charge >= 0.3 is 5.97 Å².